The first-order valence-corrected chi connectivity index (χ1v) is 7.58. The van der Waals surface area contributed by atoms with Crippen LogP contribution in [0.15, 0.2) is 0 Å². The fourth-order valence-electron chi connectivity index (χ4n) is 2.00. The number of carbonyl (C=O) groups excluding carboxylic acids is 2. The molecule has 0 aromatic carbocycles. The second-order valence-corrected chi connectivity index (χ2v) is 5.26. The molecule has 0 heterocycles. The van der Waals surface area contributed by atoms with E-state index >= 15 is 0 Å². The Morgan fingerprint density at radius 2 is 1.50 bits per heavy atom. The minimum absolute atomic E-state index is 0.0228. The molecule has 7 heteroatoms. The van der Waals surface area contributed by atoms with Crippen molar-refractivity contribution in [1.82, 2.24) is 5.32 Å². The maximum absolute atomic E-state index is 11.6. The van der Waals surface area contributed by atoms with E-state index in [1.807, 2.05) is 0 Å². The molecule has 0 radical (unpaired) electrons. The molecule has 0 aliphatic heterocycles. The van der Waals surface area contributed by atoms with Gasteiger partial charge in [0.1, 0.15) is 11.8 Å². The molecule has 3 N–H and O–H groups in total. The zero-order valence-electron chi connectivity index (χ0n) is 13.1. The van der Waals surface area contributed by atoms with Gasteiger partial charge in [-0.3, -0.25) is 14.4 Å². The lowest BCUT2D eigenvalue weighted by Gasteiger charge is -2.12. The summed E-state index contributed by atoms with van der Waals surface area (Å²) >= 11 is 0. The van der Waals surface area contributed by atoms with E-state index < -0.39 is 23.9 Å². The number of rotatable bonds is 12. The molecule has 2 atom stereocenters. The van der Waals surface area contributed by atoms with Crippen LogP contribution >= 0.6 is 0 Å². The van der Waals surface area contributed by atoms with Gasteiger partial charge in [-0.15, -0.1) is 0 Å². The summed E-state index contributed by atoms with van der Waals surface area (Å²) in [6, 6.07) is -0.880. The van der Waals surface area contributed by atoms with E-state index in [1.54, 1.807) is 13.8 Å². The van der Waals surface area contributed by atoms with Crippen LogP contribution in [0.3, 0.4) is 0 Å². The minimum Gasteiger partial charge on any atom is -0.481 e. The number of carboxylic acids is 2. The van der Waals surface area contributed by atoms with E-state index in [1.165, 1.54) is 0 Å². The maximum atomic E-state index is 11.6. The lowest BCUT2D eigenvalue weighted by molar-refractivity contribution is -0.144. The van der Waals surface area contributed by atoms with Crippen LogP contribution in [0.25, 0.3) is 0 Å². The molecule has 0 aliphatic rings. The largest absolute Gasteiger partial charge is 0.481 e. The molecule has 0 saturated heterocycles. The first-order valence-electron chi connectivity index (χ1n) is 7.58. The van der Waals surface area contributed by atoms with Crippen molar-refractivity contribution in [3.63, 3.8) is 0 Å². The molecule has 0 fully saturated rings. The third kappa shape index (κ3) is 8.39. The SMILES string of the molecule is CCC(CC(=O)CCCCC(=O)NC(CC)C(=O)O)C(=O)O. The van der Waals surface area contributed by atoms with Gasteiger partial charge >= 0.3 is 11.9 Å². The molecule has 0 rings (SSSR count). The van der Waals surface area contributed by atoms with Crippen molar-refractivity contribution in [3.8, 4) is 0 Å². The highest BCUT2D eigenvalue weighted by Crippen LogP contribution is 2.12. The topological polar surface area (TPSA) is 121 Å². The maximum Gasteiger partial charge on any atom is 0.326 e. The number of unbranched alkanes of at least 4 members (excludes halogenated alkanes) is 1. The summed E-state index contributed by atoms with van der Waals surface area (Å²) < 4.78 is 0. The second kappa shape index (κ2) is 10.8. The fourth-order valence-corrected chi connectivity index (χ4v) is 2.00. The van der Waals surface area contributed by atoms with E-state index in [0.717, 1.165) is 0 Å². The normalized spacial score (nSPS) is 13.2. The molecule has 0 bridgehead atoms. The summed E-state index contributed by atoms with van der Waals surface area (Å²) in [5, 5.41) is 20.1. The summed E-state index contributed by atoms with van der Waals surface area (Å²) in [6.07, 6.45) is 2.11. The Kier molecular flexibility index (Phi) is 9.82. The third-order valence-electron chi connectivity index (χ3n) is 3.47. The minimum atomic E-state index is -1.06. The van der Waals surface area contributed by atoms with Crippen LogP contribution in [0.4, 0.5) is 0 Å². The van der Waals surface area contributed by atoms with Gasteiger partial charge in [0.15, 0.2) is 0 Å². The molecular weight excluding hydrogens is 290 g/mol. The van der Waals surface area contributed by atoms with E-state index in [9.17, 15) is 19.2 Å². The number of hydrogen-bond donors (Lipinski definition) is 3. The predicted molar refractivity (Wildman–Crippen MR) is 79.4 cm³/mol. The Balaban J connectivity index is 3.92. The van der Waals surface area contributed by atoms with E-state index in [4.69, 9.17) is 10.2 Å². The Hall–Kier alpha value is -1.92. The van der Waals surface area contributed by atoms with Crippen molar-refractivity contribution in [2.24, 2.45) is 5.92 Å². The zero-order chi connectivity index (χ0) is 17.1. The van der Waals surface area contributed by atoms with Crippen LogP contribution in [0, 0.1) is 5.92 Å². The molecule has 0 aromatic rings. The van der Waals surface area contributed by atoms with E-state index in [-0.39, 0.29) is 31.0 Å². The number of carboxylic acid groups (broad SMARTS) is 2. The standard InChI is InChI=1S/C15H25NO6/c1-3-10(14(19)20)9-11(17)7-5-6-8-13(18)16-12(4-2)15(21)22/h10,12H,3-9H2,1-2H3,(H,16,18)(H,19,20)(H,21,22). The summed E-state index contributed by atoms with van der Waals surface area (Å²) in [5.74, 6) is -3.14. The highest BCUT2D eigenvalue weighted by Gasteiger charge is 2.19. The summed E-state index contributed by atoms with van der Waals surface area (Å²) in [5.41, 5.74) is 0. The number of nitrogens with one attached hydrogen (secondary N) is 1. The van der Waals surface area contributed by atoms with Crippen molar-refractivity contribution in [3.05, 3.63) is 0 Å². The highest BCUT2D eigenvalue weighted by molar-refractivity contribution is 5.84. The van der Waals surface area contributed by atoms with Crippen LogP contribution in [-0.2, 0) is 19.2 Å². The Labute approximate surface area is 130 Å². The van der Waals surface area contributed by atoms with Gasteiger partial charge in [0.25, 0.3) is 0 Å². The second-order valence-electron chi connectivity index (χ2n) is 5.26. The van der Waals surface area contributed by atoms with Gasteiger partial charge in [0, 0.05) is 19.3 Å². The average molecular weight is 315 g/mol. The zero-order valence-corrected chi connectivity index (χ0v) is 13.1. The van der Waals surface area contributed by atoms with Crippen molar-refractivity contribution < 1.29 is 29.4 Å². The molecule has 1 amide bonds. The van der Waals surface area contributed by atoms with Crippen molar-refractivity contribution in [2.45, 2.75) is 64.8 Å². The molecule has 22 heavy (non-hydrogen) atoms. The lowest BCUT2D eigenvalue weighted by atomic mass is 9.97. The molecule has 0 saturated carbocycles. The molecule has 0 spiro atoms. The van der Waals surface area contributed by atoms with Crippen LogP contribution in [-0.4, -0.2) is 39.9 Å². The molecular formula is C15H25NO6. The first-order chi connectivity index (χ1) is 10.3. The monoisotopic (exact) mass is 315 g/mol. The van der Waals surface area contributed by atoms with Crippen molar-refractivity contribution in [1.29, 1.82) is 0 Å². The fraction of sp³-hybridized carbons (Fsp3) is 0.733. The summed E-state index contributed by atoms with van der Waals surface area (Å²) in [6.45, 7) is 3.40. The van der Waals surface area contributed by atoms with Crippen molar-refractivity contribution in [2.75, 3.05) is 0 Å². The van der Waals surface area contributed by atoms with Gasteiger partial charge in [0.05, 0.1) is 5.92 Å². The van der Waals surface area contributed by atoms with Gasteiger partial charge in [-0.2, -0.15) is 0 Å². The number of hydrogen-bond acceptors (Lipinski definition) is 4. The number of ketones is 1. The molecule has 126 valence electrons. The third-order valence-corrected chi connectivity index (χ3v) is 3.47. The highest BCUT2D eigenvalue weighted by atomic mass is 16.4. The van der Waals surface area contributed by atoms with Gasteiger partial charge in [0.2, 0.25) is 5.91 Å². The number of carbonyl (C=O) groups is 4. The van der Waals surface area contributed by atoms with Crippen LogP contribution in [0.5, 0.6) is 0 Å². The summed E-state index contributed by atoms with van der Waals surface area (Å²) in [7, 11) is 0. The Morgan fingerprint density at radius 3 is 1.95 bits per heavy atom. The number of aliphatic carboxylic acids is 2. The molecule has 7 nitrogen and oxygen atoms in total. The Morgan fingerprint density at radius 1 is 0.909 bits per heavy atom. The first kappa shape index (κ1) is 20.1. The smallest absolute Gasteiger partial charge is 0.326 e. The number of amides is 1. The van der Waals surface area contributed by atoms with Crippen LogP contribution in [0.1, 0.15) is 58.8 Å². The molecule has 2 unspecified atom stereocenters. The lowest BCUT2D eigenvalue weighted by Crippen LogP contribution is -2.40. The van der Waals surface area contributed by atoms with Crippen molar-refractivity contribution >= 4 is 23.6 Å². The van der Waals surface area contributed by atoms with Gasteiger partial charge in [-0.1, -0.05) is 13.8 Å². The number of Topliss-reactive ketones (excluding diaryl/α,β-unsaturated/α-hetero) is 1. The van der Waals surface area contributed by atoms with E-state index in [2.05, 4.69) is 5.32 Å². The summed E-state index contributed by atoms with van der Waals surface area (Å²) in [4.78, 5) is 44.8. The predicted octanol–water partition coefficient (Wildman–Crippen LogP) is 1.60. The average Bonchev–Trinajstić information content (AvgIpc) is 2.45. The van der Waals surface area contributed by atoms with Gasteiger partial charge in [-0.05, 0) is 25.7 Å². The molecule has 0 aromatic heterocycles. The Bertz CT molecular complexity index is 369. The van der Waals surface area contributed by atoms with E-state index in [0.29, 0.717) is 25.7 Å². The van der Waals surface area contributed by atoms with Gasteiger partial charge in [-0.25, -0.2) is 4.79 Å². The van der Waals surface area contributed by atoms with Gasteiger partial charge < -0.3 is 15.5 Å². The van der Waals surface area contributed by atoms with Crippen LogP contribution in [0.2, 0.25) is 0 Å². The quantitative estimate of drug-likeness (QED) is 0.470. The van der Waals surface area contributed by atoms with Crippen LogP contribution < -0.4 is 5.32 Å². The molecule has 0 aliphatic carbocycles.